The van der Waals surface area contributed by atoms with Crippen molar-refractivity contribution in [1.82, 2.24) is 9.78 Å². The second kappa shape index (κ2) is 5.57. The van der Waals surface area contributed by atoms with E-state index in [4.69, 9.17) is 9.31 Å². The molecule has 0 saturated carbocycles. The van der Waals surface area contributed by atoms with Crippen LogP contribution >= 0.6 is 0 Å². The van der Waals surface area contributed by atoms with Crippen LogP contribution in [0.5, 0.6) is 0 Å². The summed E-state index contributed by atoms with van der Waals surface area (Å²) in [7, 11) is -0.679. The third kappa shape index (κ3) is 3.18. The van der Waals surface area contributed by atoms with E-state index in [1.165, 1.54) is 23.1 Å². The molecule has 3 rings (SSSR count). The molecule has 0 radical (unpaired) electrons. The van der Waals surface area contributed by atoms with Crippen molar-refractivity contribution in [2.75, 3.05) is 0 Å². The van der Waals surface area contributed by atoms with Gasteiger partial charge in [-0.25, -0.2) is 9.07 Å². The Labute approximate surface area is 142 Å². The molecule has 0 bridgehead atoms. The molecule has 0 unspecified atom stereocenters. The van der Waals surface area contributed by atoms with Crippen molar-refractivity contribution in [3.05, 3.63) is 42.0 Å². The van der Waals surface area contributed by atoms with Crippen molar-refractivity contribution < 1.29 is 26.9 Å². The molecule has 0 N–H and O–H groups in total. The summed E-state index contributed by atoms with van der Waals surface area (Å²) < 4.78 is 65.0. The zero-order valence-corrected chi connectivity index (χ0v) is 14.2. The smallest absolute Gasteiger partial charge is 0.399 e. The van der Waals surface area contributed by atoms with Gasteiger partial charge in [-0.05, 0) is 45.9 Å². The Morgan fingerprint density at radius 2 is 1.68 bits per heavy atom. The number of rotatable bonds is 2. The van der Waals surface area contributed by atoms with E-state index in [0.29, 0.717) is 5.46 Å². The van der Waals surface area contributed by atoms with Gasteiger partial charge in [-0.3, -0.25) is 0 Å². The number of hydrogen-bond donors (Lipinski definition) is 0. The minimum atomic E-state index is -4.78. The highest BCUT2D eigenvalue weighted by Gasteiger charge is 2.52. The fourth-order valence-electron chi connectivity index (χ4n) is 2.45. The standard InChI is InChI=1S/C16H17BF4N2O2/c1-14(2)15(3,4)25-17(24-14)10-8-22-23(9-10)11-5-6-13(18)12(7-11)16(19,20)21/h5-9H,1-4H3. The summed E-state index contributed by atoms with van der Waals surface area (Å²) in [6.45, 7) is 7.58. The summed E-state index contributed by atoms with van der Waals surface area (Å²) in [5.41, 5.74) is -1.76. The number of nitrogens with zero attached hydrogens (tertiary/aromatic N) is 2. The lowest BCUT2D eigenvalue weighted by Crippen LogP contribution is -2.41. The molecule has 9 heteroatoms. The predicted molar refractivity (Wildman–Crippen MR) is 84.2 cm³/mol. The van der Waals surface area contributed by atoms with E-state index in [9.17, 15) is 17.6 Å². The molecule has 1 saturated heterocycles. The Bertz CT molecular complexity index is 786. The number of benzene rings is 1. The molecule has 0 spiro atoms. The van der Waals surface area contributed by atoms with Gasteiger partial charge in [0.1, 0.15) is 5.82 Å². The molecule has 0 atom stereocenters. The molecule has 25 heavy (non-hydrogen) atoms. The molecule has 1 aliphatic heterocycles. The van der Waals surface area contributed by atoms with E-state index in [-0.39, 0.29) is 5.69 Å². The summed E-state index contributed by atoms with van der Waals surface area (Å²) in [6.07, 6.45) is -1.81. The SMILES string of the molecule is CC1(C)OB(c2cnn(-c3ccc(F)c(C(F)(F)F)c3)c2)OC1(C)C. The van der Waals surface area contributed by atoms with Gasteiger partial charge in [0, 0.05) is 17.9 Å². The van der Waals surface area contributed by atoms with Crippen LogP contribution in [0.4, 0.5) is 17.6 Å². The fraction of sp³-hybridized carbons (Fsp3) is 0.438. The van der Waals surface area contributed by atoms with Gasteiger partial charge >= 0.3 is 13.3 Å². The van der Waals surface area contributed by atoms with E-state index in [2.05, 4.69) is 5.10 Å². The monoisotopic (exact) mass is 356 g/mol. The highest BCUT2D eigenvalue weighted by Crippen LogP contribution is 2.36. The largest absolute Gasteiger partial charge is 0.498 e. The molecule has 1 aromatic carbocycles. The Hall–Kier alpha value is -1.87. The Kier molecular flexibility index (Phi) is 4.00. The van der Waals surface area contributed by atoms with Crippen molar-refractivity contribution in [3.63, 3.8) is 0 Å². The van der Waals surface area contributed by atoms with Crippen molar-refractivity contribution in [3.8, 4) is 5.69 Å². The summed E-state index contributed by atoms with van der Waals surface area (Å²) in [6, 6.07) is 2.72. The molecule has 1 fully saturated rings. The van der Waals surface area contributed by atoms with Crippen LogP contribution in [0.2, 0.25) is 0 Å². The first-order chi connectivity index (χ1) is 11.4. The summed E-state index contributed by atoms with van der Waals surface area (Å²) in [4.78, 5) is 0. The zero-order chi connectivity index (χ0) is 18.6. The van der Waals surface area contributed by atoms with Gasteiger partial charge in [0.05, 0.1) is 22.5 Å². The van der Waals surface area contributed by atoms with Gasteiger partial charge in [-0.15, -0.1) is 0 Å². The van der Waals surface area contributed by atoms with Crippen LogP contribution in [0.15, 0.2) is 30.6 Å². The van der Waals surface area contributed by atoms with Gasteiger partial charge in [-0.2, -0.15) is 18.3 Å². The van der Waals surface area contributed by atoms with E-state index in [1.807, 2.05) is 27.7 Å². The minimum absolute atomic E-state index is 0.0940. The van der Waals surface area contributed by atoms with Gasteiger partial charge in [0.2, 0.25) is 0 Å². The highest BCUT2D eigenvalue weighted by atomic mass is 19.4. The first kappa shape index (κ1) is 17.9. The lowest BCUT2D eigenvalue weighted by molar-refractivity contribution is -0.140. The topological polar surface area (TPSA) is 36.3 Å². The first-order valence-electron chi connectivity index (χ1n) is 7.68. The molecule has 2 heterocycles. The lowest BCUT2D eigenvalue weighted by atomic mass is 9.82. The van der Waals surface area contributed by atoms with Crippen LogP contribution in [-0.4, -0.2) is 28.1 Å². The second-order valence-electron chi connectivity index (χ2n) is 6.97. The van der Waals surface area contributed by atoms with Crippen LogP contribution in [0.3, 0.4) is 0 Å². The van der Waals surface area contributed by atoms with Crippen LogP contribution in [-0.2, 0) is 15.5 Å². The van der Waals surface area contributed by atoms with Crippen molar-refractivity contribution in [1.29, 1.82) is 0 Å². The van der Waals surface area contributed by atoms with Crippen molar-refractivity contribution in [2.24, 2.45) is 0 Å². The van der Waals surface area contributed by atoms with E-state index >= 15 is 0 Å². The van der Waals surface area contributed by atoms with Crippen LogP contribution < -0.4 is 5.46 Å². The Morgan fingerprint density at radius 3 is 2.24 bits per heavy atom. The van der Waals surface area contributed by atoms with E-state index < -0.39 is 35.9 Å². The average Bonchev–Trinajstić information content (AvgIpc) is 3.02. The third-order valence-corrected chi connectivity index (χ3v) is 4.65. The summed E-state index contributed by atoms with van der Waals surface area (Å²) in [5, 5.41) is 4.05. The molecule has 0 aliphatic carbocycles. The van der Waals surface area contributed by atoms with Gasteiger partial charge in [-0.1, -0.05) is 0 Å². The number of hydrogen-bond acceptors (Lipinski definition) is 3. The second-order valence-corrected chi connectivity index (χ2v) is 6.97. The molecular formula is C16H17BF4N2O2. The summed E-state index contributed by atoms with van der Waals surface area (Å²) in [5.74, 6) is -1.32. The lowest BCUT2D eigenvalue weighted by Gasteiger charge is -2.32. The maximum atomic E-state index is 13.4. The van der Waals surface area contributed by atoms with Crippen LogP contribution in [0.1, 0.15) is 33.3 Å². The first-order valence-corrected chi connectivity index (χ1v) is 7.68. The summed E-state index contributed by atoms with van der Waals surface area (Å²) >= 11 is 0. The quantitative estimate of drug-likeness (QED) is 0.612. The van der Waals surface area contributed by atoms with E-state index in [1.54, 1.807) is 0 Å². The molecule has 1 aromatic heterocycles. The normalized spacial score (nSPS) is 19.4. The van der Waals surface area contributed by atoms with Gasteiger partial charge in [0.15, 0.2) is 0 Å². The average molecular weight is 356 g/mol. The minimum Gasteiger partial charge on any atom is -0.399 e. The predicted octanol–water partition coefficient (Wildman–Crippen LogP) is 3.33. The third-order valence-electron chi connectivity index (χ3n) is 4.65. The Morgan fingerprint density at radius 1 is 1.08 bits per heavy atom. The Balaban J connectivity index is 1.91. The molecule has 4 nitrogen and oxygen atoms in total. The maximum Gasteiger partial charge on any atom is 0.498 e. The number of aromatic nitrogens is 2. The highest BCUT2D eigenvalue weighted by molar-refractivity contribution is 6.62. The molecular weight excluding hydrogens is 339 g/mol. The van der Waals surface area contributed by atoms with Gasteiger partial charge < -0.3 is 9.31 Å². The molecule has 134 valence electrons. The number of halogens is 4. The maximum absolute atomic E-state index is 13.4. The molecule has 2 aromatic rings. The number of alkyl halides is 3. The van der Waals surface area contributed by atoms with Crippen molar-refractivity contribution in [2.45, 2.75) is 45.1 Å². The van der Waals surface area contributed by atoms with E-state index in [0.717, 1.165) is 12.1 Å². The van der Waals surface area contributed by atoms with Crippen molar-refractivity contribution >= 4 is 12.6 Å². The fourth-order valence-corrected chi connectivity index (χ4v) is 2.45. The molecule has 0 amide bonds. The van der Waals surface area contributed by atoms with Gasteiger partial charge in [0.25, 0.3) is 0 Å². The molecule has 1 aliphatic rings. The van der Waals surface area contributed by atoms with Crippen LogP contribution in [0.25, 0.3) is 5.69 Å². The van der Waals surface area contributed by atoms with Crippen LogP contribution in [0, 0.1) is 5.82 Å². The zero-order valence-electron chi connectivity index (χ0n) is 14.2.